The third-order valence-electron chi connectivity index (χ3n) is 1.86. The second-order valence-electron chi connectivity index (χ2n) is 3.21. The van der Waals surface area contributed by atoms with E-state index in [1.165, 1.54) is 24.3 Å². The van der Waals surface area contributed by atoms with Crippen LogP contribution >= 0.6 is 0 Å². The molecule has 0 aromatic heterocycles. The molecule has 1 aromatic carbocycles. The van der Waals surface area contributed by atoms with Crippen LogP contribution in [-0.4, -0.2) is 32.7 Å². The number of rotatable bonds is 6. The zero-order valence-corrected chi connectivity index (χ0v) is 9.13. The topological polar surface area (TPSA) is 50.4 Å². The minimum absolute atomic E-state index is 0.000936. The number of hydrogen-bond donors (Lipinski definition) is 2. The van der Waals surface area contributed by atoms with E-state index >= 15 is 0 Å². The number of halogens is 1. The molecule has 0 radical (unpaired) electrons. The summed E-state index contributed by atoms with van der Waals surface area (Å²) in [4.78, 5) is 11.3. The van der Waals surface area contributed by atoms with Crippen molar-refractivity contribution < 1.29 is 13.9 Å². The van der Waals surface area contributed by atoms with Gasteiger partial charge >= 0.3 is 0 Å². The number of ether oxygens (including phenoxy) is 1. The molecule has 16 heavy (non-hydrogen) atoms. The summed E-state index contributed by atoms with van der Waals surface area (Å²) in [5.41, 5.74) is 0.559. The van der Waals surface area contributed by atoms with Crippen LogP contribution in [0.15, 0.2) is 24.3 Å². The molecule has 1 rings (SSSR count). The largest absolute Gasteiger partial charge is 0.370 e. The summed E-state index contributed by atoms with van der Waals surface area (Å²) in [6, 6.07) is 5.58. The van der Waals surface area contributed by atoms with E-state index in [-0.39, 0.29) is 18.3 Å². The van der Waals surface area contributed by atoms with Gasteiger partial charge in [0.1, 0.15) is 12.4 Å². The first-order valence-corrected chi connectivity index (χ1v) is 5.00. The lowest BCUT2D eigenvalue weighted by molar-refractivity contribution is -0.120. The van der Waals surface area contributed by atoms with Gasteiger partial charge in [-0.3, -0.25) is 4.79 Å². The van der Waals surface area contributed by atoms with Crippen LogP contribution in [0.2, 0.25) is 0 Å². The van der Waals surface area contributed by atoms with Crippen molar-refractivity contribution >= 4 is 11.6 Å². The standard InChI is InChI=1S/C11H15FN2O2/c1-13-6-7-16-8-11(15)14-10-4-2-9(12)3-5-10/h2-5,13H,6-8H2,1H3,(H,14,15). The highest BCUT2D eigenvalue weighted by molar-refractivity contribution is 5.91. The van der Waals surface area contributed by atoms with Crippen molar-refractivity contribution in [2.24, 2.45) is 0 Å². The SMILES string of the molecule is CNCCOCC(=O)Nc1ccc(F)cc1. The Morgan fingerprint density at radius 3 is 2.69 bits per heavy atom. The average Bonchev–Trinajstić information content (AvgIpc) is 2.28. The number of anilines is 1. The van der Waals surface area contributed by atoms with Gasteiger partial charge < -0.3 is 15.4 Å². The Hall–Kier alpha value is -1.46. The second-order valence-corrected chi connectivity index (χ2v) is 3.21. The third-order valence-corrected chi connectivity index (χ3v) is 1.86. The molecule has 0 unspecified atom stereocenters. The van der Waals surface area contributed by atoms with Crippen LogP contribution in [0.5, 0.6) is 0 Å². The van der Waals surface area contributed by atoms with Crippen molar-refractivity contribution in [1.82, 2.24) is 5.32 Å². The quantitative estimate of drug-likeness (QED) is 0.711. The molecule has 0 saturated carbocycles. The molecule has 0 saturated heterocycles. The van der Waals surface area contributed by atoms with Crippen LogP contribution in [0.25, 0.3) is 0 Å². The number of likely N-dealkylation sites (N-methyl/N-ethyl adjacent to an activating group) is 1. The zero-order chi connectivity index (χ0) is 11.8. The van der Waals surface area contributed by atoms with E-state index in [9.17, 15) is 9.18 Å². The smallest absolute Gasteiger partial charge is 0.250 e. The fraction of sp³-hybridized carbons (Fsp3) is 0.364. The molecule has 1 aromatic rings. The highest BCUT2D eigenvalue weighted by Crippen LogP contribution is 2.07. The molecule has 0 aliphatic rings. The van der Waals surface area contributed by atoms with E-state index in [1.54, 1.807) is 0 Å². The first-order valence-electron chi connectivity index (χ1n) is 5.00. The highest BCUT2D eigenvalue weighted by atomic mass is 19.1. The molecule has 0 aliphatic heterocycles. The third kappa shape index (κ3) is 4.86. The highest BCUT2D eigenvalue weighted by Gasteiger charge is 2.01. The predicted molar refractivity (Wildman–Crippen MR) is 59.8 cm³/mol. The van der Waals surface area contributed by atoms with E-state index in [4.69, 9.17) is 4.74 Å². The Labute approximate surface area is 93.8 Å². The molecule has 2 N–H and O–H groups in total. The molecule has 0 bridgehead atoms. The van der Waals surface area contributed by atoms with E-state index in [1.807, 2.05) is 7.05 Å². The molecule has 0 heterocycles. The predicted octanol–water partition coefficient (Wildman–Crippen LogP) is 1.00. The first-order chi connectivity index (χ1) is 7.72. The van der Waals surface area contributed by atoms with E-state index in [0.717, 1.165) is 0 Å². The molecule has 0 spiro atoms. The fourth-order valence-electron chi connectivity index (χ4n) is 1.07. The molecule has 0 aliphatic carbocycles. The van der Waals surface area contributed by atoms with Crippen molar-refractivity contribution in [2.75, 3.05) is 32.1 Å². The minimum Gasteiger partial charge on any atom is -0.370 e. The van der Waals surface area contributed by atoms with Gasteiger partial charge in [-0.05, 0) is 31.3 Å². The minimum atomic E-state index is -0.330. The summed E-state index contributed by atoms with van der Waals surface area (Å²) in [5, 5.41) is 5.49. The van der Waals surface area contributed by atoms with E-state index in [0.29, 0.717) is 18.8 Å². The Bertz CT molecular complexity index is 327. The summed E-state index contributed by atoms with van der Waals surface area (Å²) >= 11 is 0. The van der Waals surface area contributed by atoms with Crippen LogP contribution in [0.3, 0.4) is 0 Å². The van der Waals surface area contributed by atoms with Gasteiger partial charge in [0.15, 0.2) is 0 Å². The normalized spacial score (nSPS) is 10.1. The fourth-order valence-corrected chi connectivity index (χ4v) is 1.07. The van der Waals surface area contributed by atoms with Crippen molar-refractivity contribution in [3.8, 4) is 0 Å². The molecule has 0 fully saturated rings. The second kappa shape index (κ2) is 6.92. The molecule has 0 atom stereocenters. The molecular formula is C11H15FN2O2. The summed E-state index contributed by atoms with van der Waals surface area (Å²) in [5.74, 6) is -0.578. The van der Waals surface area contributed by atoms with Crippen LogP contribution < -0.4 is 10.6 Å². The number of amides is 1. The number of carbonyl (C=O) groups is 1. The van der Waals surface area contributed by atoms with Crippen LogP contribution in [0, 0.1) is 5.82 Å². The van der Waals surface area contributed by atoms with Gasteiger partial charge in [-0.1, -0.05) is 0 Å². The van der Waals surface area contributed by atoms with E-state index in [2.05, 4.69) is 10.6 Å². The van der Waals surface area contributed by atoms with E-state index < -0.39 is 0 Å². The Morgan fingerprint density at radius 1 is 1.38 bits per heavy atom. The lowest BCUT2D eigenvalue weighted by Crippen LogP contribution is -2.21. The lowest BCUT2D eigenvalue weighted by atomic mass is 10.3. The van der Waals surface area contributed by atoms with Gasteiger partial charge in [-0.2, -0.15) is 0 Å². The van der Waals surface area contributed by atoms with Crippen LogP contribution in [0.1, 0.15) is 0 Å². The van der Waals surface area contributed by atoms with Crippen LogP contribution in [0.4, 0.5) is 10.1 Å². The molecule has 1 amide bonds. The molecule has 4 nitrogen and oxygen atoms in total. The number of carbonyl (C=O) groups excluding carboxylic acids is 1. The molecule has 88 valence electrons. The van der Waals surface area contributed by atoms with Gasteiger partial charge in [0, 0.05) is 12.2 Å². The lowest BCUT2D eigenvalue weighted by Gasteiger charge is -2.05. The first kappa shape index (κ1) is 12.6. The maximum atomic E-state index is 12.6. The van der Waals surface area contributed by atoms with Crippen molar-refractivity contribution in [2.45, 2.75) is 0 Å². The summed E-state index contributed by atoms with van der Waals surface area (Å²) in [6.45, 7) is 1.18. The zero-order valence-electron chi connectivity index (χ0n) is 9.13. The number of benzene rings is 1. The number of nitrogens with one attached hydrogen (secondary N) is 2. The van der Waals surface area contributed by atoms with Gasteiger partial charge in [0.05, 0.1) is 6.61 Å². The Morgan fingerprint density at radius 2 is 2.06 bits per heavy atom. The number of hydrogen-bond acceptors (Lipinski definition) is 3. The van der Waals surface area contributed by atoms with Gasteiger partial charge in [-0.15, -0.1) is 0 Å². The van der Waals surface area contributed by atoms with Gasteiger partial charge in [-0.25, -0.2) is 4.39 Å². The van der Waals surface area contributed by atoms with Crippen molar-refractivity contribution in [3.63, 3.8) is 0 Å². The van der Waals surface area contributed by atoms with Crippen LogP contribution in [-0.2, 0) is 9.53 Å². The summed E-state index contributed by atoms with van der Waals surface area (Å²) < 4.78 is 17.7. The molecular weight excluding hydrogens is 211 g/mol. The monoisotopic (exact) mass is 226 g/mol. The van der Waals surface area contributed by atoms with Crippen molar-refractivity contribution in [3.05, 3.63) is 30.1 Å². The molecule has 5 heteroatoms. The maximum absolute atomic E-state index is 12.6. The summed E-state index contributed by atoms with van der Waals surface area (Å²) in [7, 11) is 1.81. The van der Waals surface area contributed by atoms with Gasteiger partial charge in [0.25, 0.3) is 0 Å². The maximum Gasteiger partial charge on any atom is 0.250 e. The summed E-state index contributed by atoms with van der Waals surface area (Å²) in [6.07, 6.45) is 0. The Balaban J connectivity index is 2.26. The van der Waals surface area contributed by atoms with Gasteiger partial charge in [0.2, 0.25) is 5.91 Å². The Kier molecular flexibility index (Phi) is 5.45. The average molecular weight is 226 g/mol. The van der Waals surface area contributed by atoms with Crippen molar-refractivity contribution in [1.29, 1.82) is 0 Å².